The van der Waals surface area contributed by atoms with E-state index in [-0.39, 0.29) is 10.5 Å². The fourth-order valence-corrected chi connectivity index (χ4v) is 5.16. The number of hydrogen-bond acceptors (Lipinski definition) is 7. The maximum Gasteiger partial charge on any atom is 0.262 e. The lowest BCUT2D eigenvalue weighted by atomic mass is 10.1. The zero-order chi connectivity index (χ0) is 21.2. The summed E-state index contributed by atoms with van der Waals surface area (Å²) < 4.78 is 29.3. The Hall–Kier alpha value is -2.43. The first-order chi connectivity index (χ1) is 13.7. The second-order valence-electron chi connectivity index (χ2n) is 6.36. The van der Waals surface area contributed by atoms with Gasteiger partial charge in [0, 0.05) is 5.56 Å². The molecule has 0 fully saturated rings. The van der Waals surface area contributed by atoms with Crippen LogP contribution in [0.2, 0.25) is 0 Å². The van der Waals surface area contributed by atoms with Crippen LogP contribution in [0, 0.1) is 20.8 Å². The van der Waals surface area contributed by atoms with Crippen molar-refractivity contribution >= 4 is 49.8 Å². The summed E-state index contributed by atoms with van der Waals surface area (Å²) in [7, 11) is -3.87. The molecule has 1 aromatic heterocycles. The van der Waals surface area contributed by atoms with Crippen molar-refractivity contribution in [3.8, 4) is 0 Å². The predicted molar refractivity (Wildman–Crippen MR) is 118 cm³/mol. The van der Waals surface area contributed by atoms with Crippen LogP contribution in [0.15, 0.2) is 45.6 Å². The first-order valence-corrected chi connectivity index (χ1v) is 12.1. The molecule has 3 aromatic rings. The molecule has 0 atom stereocenters. The Labute approximate surface area is 178 Å². The van der Waals surface area contributed by atoms with Crippen molar-refractivity contribution in [3.05, 3.63) is 58.7 Å². The molecule has 0 saturated heterocycles. The Kier molecular flexibility index (Phi) is 6.25. The number of aromatic nitrogens is 2. The maximum absolute atomic E-state index is 13.0. The first kappa shape index (κ1) is 21.3. The maximum atomic E-state index is 13.0. The molecule has 0 aliphatic rings. The summed E-state index contributed by atoms with van der Waals surface area (Å²) in [4.78, 5) is 12.6. The van der Waals surface area contributed by atoms with Crippen LogP contribution in [0.1, 0.15) is 27.0 Å². The molecular formula is C19H20N4O3S3. The number of anilines is 2. The monoisotopic (exact) mass is 448 g/mol. The van der Waals surface area contributed by atoms with Crippen molar-refractivity contribution in [1.29, 1.82) is 0 Å². The van der Waals surface area contributed by atoms with Gasteiger partial charge in [0.25, 0.3) is 15.9 Å². The minimum Gasteiger partial charge on any atom is -0.296 e. The van der Waals surface area contributed by atoms with Crippen LogP contribution in [0.4, 0.5) is 10.8 Å². The van der Waals surface area contributed by atoms with E-state index in [0.29, 0.717) is 16.4 Å². The molecule has 0 radical (unpaired) electrons. The topological polar surface area (TPSA) is 101 Å². The third-order valence-corrected chi connectivity index (χ3v) is 7.71. The van der Waals surface area contributed by atoms with E-state index >= 15 is 0 Å². The van der Waals surface area contributed by atoms with Crippen LogP contribution in [-0.4, -0.2) is 30.8 Å². The minimum atomic E-state index is -3.87. The molecule has 0 bridgehead atoms. The molecular weight excluding hydrogens is 428 g/mol. The van der Waals surface area contributed by atoms with E-state index in [0.717, 1.165) is 15.5 Å². The molecule has 1 amide bonds. The molecule has 10 heteroatoms. The average Bonchev–Trinajstić information content (AvgIpc) is 3.13. The highest BCUT2D eigenvalue weighted by molar-refractivity contribution is 8.00. The Balaban J connectivity index is 1.89. The molecule has 2 N–H and O–H groups in total. The van der Waals surface area contributed by atoms with Crippen LogP contribution >= 0.6 is 23.1 Å². The minimum absolute atomic E-state index is 0.0492. The molecule has 0 saturated carbocycles. The number of aryl methyl sites for hydroxylation is 2. The SMILES string of the molecule is CSc1nnc(NC(=O)c2ccc(C)c(S(=O)(=O)Nc3cccc(C)c3C)c2)s1. The number of carbonyl (C=O) groups excluding carboxylic acids is 1. The molecule has 0 unspecified atom stereocenters. The number of benzene rings is 2. The molecule has 0 spiro atoms. The predicted octanol–water partition coefficient (Wildman–Crippen LogP) is 4.24. The van der Waals surface area contributed by atoms with Gasteiger partial charge in [-0.05, 0) is 61.9 Å². The fraction of sp³-hybridized carbons (Fsp3) is 0.211. The standard InChI is InChI=1S/C19H20N4O3S3/c1-11-6-5-7-15(13(11)3)23-29(25,26)16-10-14(9-8-12(16)2)17(24)20-18-21-22-19(27-4)28-18/h5-10,23H,1-4H3,(H,20,21,24). The number of nitrogens with one attached hydrogen (secondary N) is 2. The van der Waals surface area contributed by atoms with Gasteiger partial charge in [-0.25, -0.2) is 8.42 Å². The summed E-state index contributed by atoms with van der Waals surface area (Å²) in [6, 6.07) is 9.98. The smallest absolute Gasteiger partial charge is 0.262 e. The highest BCUT2D eigenvalue weighted by atomic mass is 32.2. The zero-order valence-electron chi connectivity index (χ0n) is 16.3. The molecule has 3 rings (SSSR count). The van der Waals surface area contributed by atoms with Gasteiger partial charge in [-0.3, -0.25) is 14.8 Å². The highest BCUT2D eigenvalue weighted by Gasteiger charge is 2.21. The van der Waals surface area contributed by atoms with E-state index in [4.69, 9.17) is 0 Å². The Bertz CT molecular complexity index is 1170. The summed E-state index contributed by atoms with van der Waals surface area (Å²) in [6.45, 7) is 5.46. The lowest BCUT2D eigenvalue weighted by molar-refractivity contribution is 0.102. The molecule has 7 nitrogen and oxygen atoms in total. The fourth-order valence-electron chi connectivity index (χ4n) is 2.60. The van der Waals surface area contributed by atoms with E-state index in [2.05, 4.69) is 20.2 Å². The number of carbonyl (C=O) groups is 1. The molecule has 1 heterocycles. The highest BCUT2D eigenvalue weighted by Crippen LogP contribution is 2.26. The Morgan fingerprint density at radius 1 is 1.07 bits per heavy atom. The van der Waals surface area contributed by atoms with E-state index in [1.54, 1.807) is 31.2 Å². The van der Waals surface area contributed by atoms with Gasteiger partial charge in [0.05, 0.1) is 10.6 Å². The van der Waals surface area contributed by atoms with Crippen LogP contribution in [0.3, 0.4) is 0 Å². The summed E-state index contributed by atoms with van der Waals surface area (Å²) in [6.07, 6.45) is 1.87. The van der Waals surface area contributed by atoms with Gasteiger partial charge in [-0.1, -0.05) is 41.3 Å². The van der Waals surface area contributed by atoms with Crippen LogP contribution in [0.5, 0.6) is 0 Å². The number of nitrogens with zero attached hydrogens (tertiary/aromatic N) is 2. The largest absolute Gasteiger partial charge is 0.296 e. The number of amides is 1. The van der Waals surface area contributed by atoms with Gasteiger partial charge in [-0.15, -0.1) is 10.2 Å². The van der Waals surface area contributed by atoms with Gasteiger partial charge in [-0.2, -0.15) is 0 Å². The second kappa shape index (κ2) is 8.52. The Morgan fingerprint density at radius 3 is 2.52 bits per heavy atom. The number of rotatable bonds is 6. The molecule has 2 aromatic carbocycles. The van der Waals surface area contributed by atoms with Gasteiger partial charge in [0.2, 0.25) is 5.13 Å². The van der Waals surface area contributed by atoms with E-state index in [1.807, 2.05) is 26.2 Å². The Morgan fingerprint density at radius 2 is 1.83 bits per heavy atom. The van der Waals surface area contributed by atoms with Crippen molar-refractivity contribution in [2.45, 2.75) is 30.0 Å². The van der Waals surface area contributed by atoms with E-state index in [9.17, 15) is 13.2 Å². The average molecular weight is 449 g/mol. The molecule has 0 aliphatic heterocycles. The normalized spacial score (nSPS) is 11.3. The lowest BCUT2D eigenvalue weighted by Gasteiger charge is -2.14. The quantitative estimate of drug-likeness (QED) is 0.432. The van der Waals surface area contributed by atoms with Gasteiger partial charge in [0.15, 0.2) is 4.34 Å². The van der Waals surface area contributed by atoms with Gasteiger partial charge < -0.3 is 0 Å². The van der Waals surface area contributed by atoms with Crippen molar-refractivity contribution in [2.75, 3.05) is 16.3 Å². The lowest BCUT2D eigenvalue weighted by Crippen LogP contribution is -2.17. The van der Waals surface area contributed by atoms with Crippen LogP contribution in [-0.2, 0) is 10.0 Å². The third kappa shape index (κ3) is 4.77. The molecule has 152 valence electrons. The van der Waals surface area contributed by atoms with Crippen molar-refractivity contribution in [2.24, 2.45) is 0 Å². The van der Waals surface area contributed by atoms with Gasteiger partial charge >= 0.3 is 0 Å². The molecule has 29 heavy (non-hydrogen) atoms. The van der Waals surface area contributed by atoms with Crippen molar-refractivity contribution in [1.82, 2.24) is 10.2 Å². The van der Waals surface area contributed by atoms with E-state index < -0.39 is 15.9 Å². The van der Waals surface area contributed by atoms with Crippen LogP contribution in [0.25, 0.3) is 0 Å². The van der Waals surface area contributed by atoms with Crippen molar-refractivity contribution < 1.29 is 13.2 Å². The first-order valence-electron chi connectivity index (χ1n) is 8.60. The van der Waals surface area contributed by atoms with Crippen molar-refractivity contribution in [3.63, 3.8) is 0 Å². The summed E-state index contributed by atoms with van der Waals surface area (Å²) in [5, 5.41) is 10.8. The summed E-state index contributed by atoms with van der Waals surface area (Å²) in [5.41, 5.74) is 3.11. The number of hydrogen-bond donors (Lipinski definition) is 2. The molecule has 0 aliphatic carbocycles. The second-order valence-corrected chi connectivity index (χ2v) is 10.0. The third-order valence-electron chi connectivity index (χ3n) is 4.39. The zero-order valence-corrected chi connectivity index (χ0v) is 18.8. The number of sulfonamides is 1. The summed E-state index contributed by atoms with van der Waals surface area (Å²) in [5.74, 6) is -0.447. The van der Waals surface area contributed by atoms with E-state index in [1.165, 1.54) is 29.2 Å². The van der Waals surface area contributed by atoms with Gasteiger partial charge in [0.1, 0.15) is 0 Å². The summed E-state index contributed by atoms with van der Waals surface area (Å²) >= 11 is 2.68. The number of thioether (sulfide) groups is 1. The van der Waals surface area contributed by atoms with Crippen LogP contribution < -0.4 is 10.0 Å².